The van der Waals surface area contributed by atoms with Gasteiger partial charge < -0.3 is 10.5 Å². The van der Waals surface area contributed by atoms with Crippen LogP contribution in [-0.4, -0.2) is 40.0 Å². The van der Waals surface area contributed by atoms with Crippen molar-refractivity contribution in [2.75, 3.05) is 29.8 Å². The largest absolute Gasteiger partial charge is 0.378 e. The minimum absolute atomic E-state index is 0.00879. The summed E-state index contributed by atoms with van der Waals surface area (Å²) in [5.41, 5.74) is 7.52. The fourth-order valence-electron chi connectivity index (χ4n) is 2.67. The Kier molecular flexibility index (Phi) is 5.24. The first-order chi connectivity index (χ1) is 9.95. The van der Waals surface area contributed by atoms with Gasteiger partial charge in [0.25, 0.3) is 0 Å². The third kappa shape index (κ3) is 3.75. The molecule has 0 bridgehead atoms. The predicted molar refractivity (Wildman–Crippen MR) is 85.1 cm³/mol. The number of fused-ring (bicyclic) bond motifs is 1. The van der Waals surface area contributed by atoms with Gasteiger partial charge in [0.05, 0.1) is 24.2 Å². The van der Waals surface area contributed by atoms with Gasteiger partial charge >= 0.3 is 0 Å². The van der Waals surface area contributed by atoms with Crippen molar-refractivity contribution in [3.63, 3.8) is 0 Å². The maximum atomic E-state index is 12.5. The number of ether oxygens (including phenoxy) is 1. The molecule has 0 spiro atoms. The standard InChI is InChI=1S/C15H24N2O3S/c1-12(2)20-9-10-21(18,19)17-11-13(7-8-16)14-5-3-4-6-15(14)17/h3-6,12-13H,7-11,16H2,1-2H3. The van der Waals surface area contributed by atoms with Crippen molar-refractivity contribution >= 4 is 15.7 Å². The molecule has 1 unspecified atom stereocenters. The Morgan fingerprint density at radius 2 is 2.10 bits per heavy atom. The minimum Gasteiger partial charge on any atom is -0.378 e. The zero-order valence-electron chi connectivity index (χ0n) is 12.7. The second-order valence-corrected chi connectivity index (χ2v) is 7.61. The number of para-hydroxylation sites is 1. The summed E-state index contributed by atoms with van der Waals surface area (Å²) in [6.45, 7) is 5.06. The van der Waals surface area contributed by atoms with E-state index in [1.165, 1.54) is 4.31 Å². The van der Waals surface area contributed by atoms with Crippen LogP contribution in [0, 0.1) is 0 Å². The molecule has 0 fully saturated rings. The van der Waals surface area contributed by atoms with Crippen molar-refractivity contribution in [1.29, 1.82) is 0 Å². The fraction of sp³-hybridized carbons (Fsp3) is 0.600. The van der Waals surface area contributed by atoms with Crippen LogP contribution in [0.5, 0.6) is 0 Å². The van der Waals surface area contributed by atoms with E-state index in [1.54, 1.807) is 0 Å². The number of hydrogen-bond donors (Lipinski definition) is 1. The Balaban J connectivity index is 2.17. The first-order valence-electron chi connectivity index (χ1n) is 7.36. The lowest BCUT2D eigenvalue weighted by Gasteiger charge is -2.20. The number of anilines is 1. The molecule has 0 aliphatic carbocycles. The molecule has 0 aromatic heterocycles. The predicted octanol–water partition coefficient (Wildman–Crippen LogP) is 1.69. The highest BCUT2D eigenvalue weighted by Crippen LogP contribution is 2.39. The average Bonchev–Trinajstić information content (AvgIpc) is 2.79. The van der Waals surface area contributed by atoms with E-state index in [9.17, 15) is 8.42 Å². The monoisotopic (exact) mass is 312 g/mol. The van der Waals surface area contributed by atoms with Crippen LogP contribution in [0.1, 0.15) is 31.7 Å². The maximum absolute atomic E-state index is 12.5. The van der Waals surface area contributed by atoms with Gasteiger partial charge in [-0.05, 0) is 38.4 Å². The van der Waals surface area contributed by atoms with Gasteiger partial charge in [-0.1, -0.05) is 18.2 Å². The Labute approximate surface area is 127 Å². The highest BCUT2D eigenvalue weighted by molar-refractivity contribution is 7.92. The summed E-state index contributed by atoms with van der Waals surface area (Å²) in [7, 11) is -3.35. The summed E-state index contributed by atoms with van der Waals surface area (Å²) in [6, 6.07) is 7.68. The fourth-order valence-corrected chi connectivity index (χ4v) is 4.07. The SMILES string of the molecule is CC(C)OCCS(=O)(=O)N1CC(CCN)c2ccccc21. The van der Waals surface area contributed by atoms with E-state index in [2.05, 4.69) is 0 Å². The van der Waals surface area contributed by atoms with Crippen LogP contribution in [0.2, 0.25) is 0 Å². The normalized spacial score (nSPS) is 18.3. The van der Waals surface area contributed by atoms with E-state index in [0.29, 0.717) is 13.1 Å². The first kappa shape index (κ1) is 16.3. The van der Waals surface area contributed by atoms with Crippen LogP contribution in [0.3, 0.4) is 0 Å². The number of hydrogen-bond acceptors (Lipinski definition) is 4. The van der Waals surface area contributed by atoms with Gasteiger partial charge in [-0.15, -0.1) is 0 Å². The van der Waals surface area contributed by atoms with E-state index in [0.717, 1.165) is 17.7 Å². The van der Waals surface area contributed by atoms with Crippen LogP contribution < -0.4 is 10.0 Å². The second-order valence-electron chi connectivity index (χ2n) is 5.60. The summed E-state index contributed by atoms with van der Waals surface area (Å²) in [5.74, 6) is 0.196. The van der Waals surface area contributed by atoms with E-state index in [1.807, 2.05) is 38.1 Å². The Morgan fingerprint density at radius 1 is 1.38 bits per heavy atom. The molecule has 0 saturated carbocycles. The van der Waals surface area contributed by atoms with E-state index in [-0.39, 0.29) is 24.4 Å². The summed E-state index contributed by atoms with van der Waals surface area (Å²) in [6.07, 6.45) is 0.835. The number of benzene rings is 1. The molecule has 2 rings (SSSR count). The zero-order valence-corrected chi connectivity index (χ0v) is 13.5. The maximum Gasteiger partial charge on any atom is 0.237 e. The zero-order chi connectivity index (χ0) is 15.5. The quantitative estimate of drug-likeness (QED) is 0.831. The summed E-state index contributed by atoms with van der Waals surface area (Å²) in [5, 5.41) is 0. The average molecular weight is 312 g/mol. The summed E-state index contributed by atoms with van der Waals surface area (Å²) < 4.78 is 32.0. The molecule has 1 heterocycles. The molecule has 21 heavy (non-hydrogen) atoms. The molecule has 1 atom stereocenters. The van der Waals surface area contributed by atoms with Gasteiger partial charge in [0.1, 0.15) is 0 Å². The van der Waals surface area contributed by atoms with Gasteiger partial charge in [0.15, 0.2) is 0 Å². The van der Waals surface area contributed by atoms with Gasteiger partial charge in [0, 0.05) is 12.5 Å². The van der Waals surface area contributed by atoms with Crippen molar-refractivity contribution < 1.29 is 13.2 Å². The molecule has 1 aliphatic rings. The number of nitrogens with zero attached hydrogens (tertiary/aromatic N) is 1. The minimum atomic E-state index is -3.35. The topological polar surface area (TPSA) is 72.6 Å². The molecular formula is C15H24N2O3S. The molecular weight excluding hydrogens is 288 g/mol. The van der Waals surface area contributed by atoms with Gasteiger partial charge in [-0.25, -0.2) is 8.42 Å². The molecule has 1 aromatic rings. The van der Waals surface area contributed by atoms with Gasteiger partial charge in [-0.3, -0.25) is 4.31 Å². The Hall–Kier alpha value is -1.11. The van der Waals surface area contributed by atoms with Crippen molar-refractivity contribution in [1.82, 2.24) is 0 Å². The van der Waals surface area contributed by atoms with E-state index in [4.69, 9.17) is 10.5 Å². The van der Waals surface area contributed by atoms with Crippen LogP contribution in [-0.2, 0) is 14.8 Å². The molecule has 1 aliphatic heterocycles. The number of nitrogens with two attached hydrogens (primary N) is 1. The van der Waals surface area contributed by atoms with E-state index >= 15 is 0 Å². The van der Waals surface area contributed by atoms with E-state index < -0.39 is 10.0 Å². The van der Waals surface area contributed by atoms with Gasteiger partial charge in [-0.2, -0.15) is 0 Å². The lowest BCUT2D eigenvalue weighted by Crippen LogP contribution is -2.34. The molecule has 0 saturated heterocycles. The third-order valence-electron chi connectivity index (χ3n) is 3.67. The first-order valence-corrected chi connectivity index (χ1v) is 8.97. The Bertz CT molecular complexity index is 572. The highest BCUT2D eigenvalue weighted by Gasteiger charge is 2.34. The van der Waals surface area contributed by atoms with Crippen LogP contribution in [0.25, 0.3) is 0 Å². The molecule has 0 radical (unpaired) electrons. The molecule has 6 heteroatoms. The lowest BCUT2D eigenvalue weighted by molar-refractivity contribution is 0.0912. The second kappa shape index (κ2) is 6.77. The Morgan fingerprint density at radius 3 is 2.76 bits per heavy atom. The van der Waals surface area contributed by atoms with Crippen molar-refractivity contribution in [3.05, 3.63) is 29.8 Å². The number of sulfonamides is 1. The smallest absolute Gasteiger partial charge is 0.237 e. The highest BCUT2D eigenvalue weighted by atomic mass is 32.2. The summed E-state index contributed by atoms with van der Waals surface area (Å²) in [4.78, 5) is 0. The lowest BCUT2D eigenvalue weighted by atomic mass is 9.98. The third-order valence-corrected chi connectivity index (χ3v) is 5.37. The van der Waals surface area contributed by atoms with Gasteiger partial charge in [0.2, 0.25) is 10.0 Å². The van der Waals surface area contributed by atoms with Crippen molar-refractivity contribution in [2.45, 2.75) is 32.3 Å². The molecule has 5 nitrogen and oxygen atoms in total. The molecule has 118 valence electrons. The van der Waals surface area contributed by atoms with Crippen molar-refractivity contribution in [2.24, 2.45) is 5.73 Å². The molecule has 0 amide bonds. The van der Waals surface area contributed by atoms with Crippen molar-refractivity contribution in [3.8, 4) is 0 Å². The summed E-state index contributed by atoms with van der Waals surface area (Å²) >= 11 is 0. The number of rotatable bonds is 7. The van der Waals surface area contributed by atoms with Crippen LogP contribution in [0.15, 0.2) is 24.3 Å². The molecule has 1 aromatic carbocycles. The van der Waals surface area contributed by atoms with Crippen LogP contribution in [0.4, 0.5) is 5.69 Å². The molecule has 2 N–H and O–H groups in total. The van der Waals surface area contributed by atoms with Crippen LogP contribution >= 0.6 is 0 Å².